The summed E-state index contributed by atoms with van der Waals surface area (Å²) in [6, 6.07) is -0.348. The SMILES string of the molecule is CC(C)(CCC(=O)O)NC(=O)NCCc1ncon1. The first-order chi connectivity index (χ1) is 8.89. The van der Waals surface area contributed by atoms with Crippen LogP contribution < -0.4 is 10.6 Å². The lowest BCUT2D eigenvalue weighted by Gasteiger charge is -2.25. The third-order valence-electron chi connectivity index (χ3n) is 2.46. The first kappa shape index (κ1) is 14.9. The summed E-state index contributed by atoms with van der Waals surface area (Å²) in [6.07, 6.45) is 2.07. The molecule has 0 saturated heterocycles. The maximum Gasteiger partial charge on any atom is 0.315 e. The summed E-state index contributed by atoms with van der Waals surface area (Å²) in [4.78, 5) is 25.9. The second-order valence-electron chi connectivity index (χ2n) is 4.76. The van der Waals surface area contributed by atoms with Gasteiger partial charge in [0.1, 0.15) is 0 Å². The van der Waals surface area contributed by atoms with Crippen molar-refractivity contribution in [3.63, 3.8) is 0 Å². The quantitative estimate of drug-likeness (QED) is 0.666. The Labute approximate surface area is 110 Å². The van der Waals surface area contributed by atoms with Gasteiger partial charge in [-0.1, -0.05) is 5.16 Å². The molecule has 0 aromatic carbocycles. The monoisotopic (exact) mass is 270 g/mol. The highest BCUT2D eigenvalue weighted by molar-refractivity contribution is 5.74. The van der Waals surface area contributed by atoms with Gasteiger partial charge in [-0.3, -0.25) is 4.79 Å². The van der Waals surface area contributed by atoms with Gasteiger partial charge in [-0.2, -0.15) is 4.98 Å². The number of carboxylic acid groups (broad SMARTS) is 1. The van der Waals surface area contributed by atoms with Crippen LogP contribution in [0.15, 0.2) is 10.9 Å². The number of carbonyl (C=O) groups excluding carboxylic acids is 1. The third-order valence-corrected chi connectivity index (χ3v) is 2.46. The molecule has 0 saturated carbocycles. The summed E-state index contributed by atoms with van der Waals surface area (Å²) in [7, 11) is 0. The number of aromatic nitrogens is 2. The summed E-state index contributed by atoms with van der Waals surface area (Å²) in [5.74, 6) is -0.363. The van der Waals surface area contributed by atoms with Crippen LogP contribution in [0.1, 0.15) is 32.5 Å². The Morgan fingerprint density at radius 2 is 2.21 bits per heavy atom. The van der Waals surface area contributed by atoms with Gasteiger partial charge in [0.2, 0.25) is 6.39 Å². The van der Waals surface area contributed by atoms with Crippen LogP contribution in [0.2, 0.25) is 0 Å². The molecule has 1 rings (SSSR count). The van der Waals surface area contributed by atoms with Gasteiger partial charge in [0.05, 0.1) is 0 Å². The van der Waals surface area contributed by atoms with Crippen molar-refractivity contribution in [1.29, 1.82) is 0 Å². The topological polar surface area (TPSA) is 117 Å². The molecule has 0 radical (unpaired) electrons. The molecule has 8 nitrogen and oxygen atoms in total. The molecule has 0 fully saturated rings. The maximum atomic E-state index is 11.6. The number of amides is 2. The van der Waals surface area contributed by atoms with E-state index in [9.17, 15) is 9.59 Å². The molecule has 19 heavy (non-hydrogen) atoms. The van der Waals surface area contributed by atoms with Crippen LogP contribution in [-0.4, -0.2) is 39.3 Å². The van der Waals surface area contributed by atoms with Crippen molar-refractivity contribution < 1.29 is 19.2 Å². The molecule has 0 aliphatic rings. The van der Waals surface area contributed by atoms with Gasteiger partial charge in [0, 0.05) is 24.9 Å². The van der Waals surface area contributed by atoms with Crippen molar-refractivity contribution >= 4 is 12.0 Å². The summed E-state index contributed by atoms with van der Waals surface area (Å²) >= 11 is 0. The zero-order chi connectivity index (χ0) is 14.3. The minimum absolute atomic E-state index is 0.0101. The second kappa shape index (κ2) is 6.72. The van der Waals surface area contributed by atoms with Crippen LogP contribution in [0, 0.1) is 0 Å². The van der Waals surface area contributed by atoms with Gasteiger partial charge in [0.25, 0.3) is 0 Å². The first-order valence-corrected chi connectivity index (χ1v) is 5.92. The average Bonchev–Trinajstić information content (AvgIpc) is 2.79. The Morgan fingerprint density at radius 3 is 2.79 bits per heavy atom. The molecule has 0 spiro atoms. The zero-order valence-electron chi connectivity index (χ0n) is 11.0. The van der Waals surface area contributed by atoms with Crippen molar-refractivity contribution in [2.24, 2.45) is 0 Å². The van der Waals surface area contributed by atoms with Crippen LogP contribution in [0.4, 0.5) is 4.79 Å². The van der Waals surface area contributed by atoms with Crippen LogP contribution in [-0.2, 0) is 11.2 Å². The van der Waals surface area contributed by atoms with Crippen LogP contribution >= 0.6 is 0 Å². The largest absolute Gasteiger partial charge is 0.481 e. The number of hydrogen-bond donors (Lipinski definition) is 3. The summed E-state index contributed by atoms with van der Waals surface area (Å²) < 4.78 is 4.56. The van der Waals surface area contributed by atoms with E-state index in [2.05, 4.69) is 25.3 Å². The number of carbonyl (C=O) groups is 2. The summed E-state index contributed by atoms with van der Waals surface area (Å²) in [6.45, 7) is 3.92. The van der Waals surface area contributed by atoms with E-state index in [1.165, 1.54) is 6.39 Å². The zero-order valence-corrected chi connectivity index (χ0v) is 11.0. The fourth-order valence-electron chi connectivity index (χ4n) is 1.42. The van der Waals surface area contributed by atoms with E-state index in [1.807, 2.05) is 0 Å². The Hall–Kier alpha value is -2.12. The van der Waals surface area contributed by atoms with E-state index in [1.54, 1.807) is 13.8 Å². The fourth-order valence-corrected chi connectivity index (χ4v) is 1.42. The van der Waals surface area contributed by atoms with Gasteiger partial charge in [-0.15, -0.1) is 0 Å². The molecule has 1 aromatic heterocycles. The van der Waals surface area contributed by atoms with Crippen molar-refractivity contribution in [1.82, 2.24) is 20.8 Å². The van der Waals surface area contributed by atoms with Gasteiger partial charge in [-0.25, -0.2) is 4.79 Å². The van der Waals surface area contributed by atoms with E-state index in [-0.39, 0.29) is 12.5 Å². The highest BCUT2D eigenvalue weighted by atomic mass is 16.5. The predicted molar refractivity (Wildman–Crippen MR) is 65.5 cm³/mol. The predicted octanol–water partition coefficient (Wildman–Crippen LogP) is 0.555. The molecule has 0 bridgehead atoms. The van der Waals surface area contributed by atoms with Gasteiger partial charge >= 0.3 is 12.0 Å². The summed E-state index contributed by atoms with van der Waals surface area (Å²) in [5.41, 5.74) is -0.575. The lowest BCUT2D eigenvalue weighted by molar-refractivity contribution is -0.137. The van der Waals surface area contributed by atoms with Crippen LogP contribution in [0.25, 0.3) is 0 Å². The molecule has 8 heteroatoms. The Morgan fingerprint density at radius 1 is 1.47 bits per heavy atom. The highest BCUT2D eigenvalue weighted by Crippen LogP contribution is 2.10. The molecule has 106 valence electrons. The Bertz CT molecular complexity index is 416. The maximum absolute atomic E-state index is 11.6. The van der Waals surface area contributed by atoms with E-state index >= 15 is 0 Å². The number of rotatable bonds is 7. The number of nitrogens with zero attached hydrogens (tertiary/aromatic N) is 2. The molecular weight excluding hydrogens is 252 g/mol. The third kappa shape index (κ3) is 6.39. The van der Waals surface area contributed by atoms with E-state index in [4.69, 9.17) is 5.11 Å². The van der Waals surface area contributed by atoms with Crippen molar-refractivity contribution in [3.8, 4) is 0 Å². The number of hydrogen-bond acceptors (Lipinski definition) is 5. The smallest absolute Gasteiger partial charge is 0.315 e. The van der Waals surface area contributed by atoms with E-state index in [0.29, 0.717) is 25.2 Å². The minimum atomic E-state index is -0.882. The van der Waals surface area contributed by atoms with E-state index in [0.717, 1.165) is 0 Å². The number of aliphatic carboxylic acids is 1. The van der Waals surface area contributed by atoms with Crippen molar-refractivity contribution in [3.05, 3.63) is 12.2 Å². The lowest BCUT2D eigenvalue weighted by Crippen LogP contribution is -2.48. The summed E-state index contributed by atoms with van der Waals surface area (Å²) in [5, 5.41) is 17.6. The van der Waals surface area contributed by atoms with Crippen molar-refractivity contribution in [2.45, 2.75) is 38.6 Å². The van der Waals surface area contributed by atoms with Crippen LogP contribution in [0.3, 0.4) is 0 Å². The first-order valence-electron chi connectivity index (χ1n) is 5.92. The van der Waals surface area contributed by atoms with E-state index < -0.39 is 11.5 Å². The number of carboxylic acids is 1. The average molecular weight is 270 g/mol. The number of nitrogens with one attached hydrogen (secondary N) is 2. The second-order valence-corrected chi connectivity index (χ2v) is 4.76. The Balaban J connectivity index is 2.24. The molecule has 0 atom stereocenters. The van der Waals surface area contributed by atoms with Gasteiger partial charge in [-0.05, 0) is 20.3 Å². The Kier molecular flexibility index (Phi) is 5.28. The molecule has 0 aliphatic carbocycles. The normalized spacial score (nSPS) is 11.1. The molecule has 0 unspecified atom stereocenters. The van der Waals surface area contributed by atoms with Crippen LogP contribution in [0.5, 0.6) is 0 Å². The fraction of sp³-hybridized carbons (Fsp3) is 0.636. The minimum Gasteiger partial charge on any atom is -0.481 e. The molecule has 0 aliphatic heterocycles. The highest BCUT2D eigenvalue weighted by Gasteiger charge is 2.21. The molecule has 1 heterocycles. The molecule has 3 N–H and O–H groups in total. The van der Waals surface area contributed by atoms with Gasteiger partial charge in [0.15, 0.2) is 5.82 Å². The molecule has 2 amide bonds. The molecule has 1 aromatic rings. The van der Waals surface area contributed by atoms with Gasteiger partial charge < -0.3 is 20.3 Å². The number of urea groups is 1. The standard InChI is InChI=1S/C11H18N4O4/c1-11(2,5-3-9(16)17)14-10(18)12-6-4-8-13-7-19-15-8/h7H,3-6H2,1-2H3,(H,16,17)(H2,12,14,18). The van der Waals surface area contributed by atoms with Crippen molar-refractivity contribution in [2.75, 3.05) is 6.54 Å². The molecular formula is C11H18N4O4. The lowest BCUT2D eigenvalue weighted by atomic mass is 9.99.